The fourth-order valence-electron chi connectivity index (χ4n) is 1.52. The first kappa shape index (κ1) is 9.01. The Morgan fingerprint density at radius 3 is 2.45 bits per heavy atom. The molecule has 0 aliphatic carbocycles. The van der Waals surface area contributed by atoms with Crippen LogP contribution < -0.4 is 5.32 Å². The van der Waals surface area contributed by atoms with Gasteiger partial charge in [0.15, 0.2) is 0 Å². The van der Waals surface area contributed by atoms with E-state index in [0.29, 0.717) is 5.54 Å². The van der Waals surface area contributed by atoms with E-state index in [2.05, 4.69) is 31.0 Å². The zero-order valence-corrected chi connectivity index (χ0v) is 7.98. The minimum Gasteiger partial charge on any atom is -0.315 e. The maximum atomic E-state index is 3.41. The molecule has 0 amide bonds. The van der Waals surface area contributed by atoms with Crippen molar-refractivity contribution in [1.29, 1.82) is 0 Å². The Balaban J connectivity index is 2.43. The third-order valence-electron chi connectivity index (χ3n) is 2.29. The molecular formula is C9H20N2. The maximum absolute atomic E-state index is 3.41. The molecule has 0 bridgehead atoms. The van der Waals surface area contributed by atoms with Crippen LogP contribution >= 0.6 is 0 Å². The van der Waals surface area contributed by atoms with Crippen molar-refractivity contribution in [2.24, 2.45) is 0 Å². The molecular weight excluding hydrogens is 136 g/mol. The van der Waals surface area contributed by atoms with E-state index in [4.69, 9.17) is 0 Å². The Morgan fingerprint density at radius 1 is 1.09 bits per heavy atom. The number of hydrogen-bond acceptors (Lipinski definition) is 2. The third kappa shape index (κ3) is 2.80. The first-order valence-electron chi connectivity index (χ1n) is 4.56. The molecule has 2 heteroatoms. The van der Waals surface area contributed by atoms with Crippen molar-refractivity contribution >= 4 is 0 Å². The third-order valence-corrected chi connectivity index (χ3v) is 2.29. The zero-order valence-electron chi connectivity index (χ0n) is 7.98. The van der Waals surface area contributed by atoms with E-state index in [-0.39, 0.29) is 0 Å². The van der Waals surface area contributed by atoms with E-state index in [9.17, 15) is 0 Å². The van der Waals surface area contributed by atoms with Gasteiger partial charge in [-0.1, -0.05) is 0 Å². The molecule has 1 fully saturated rings. The zero-order chi connectivity index (χ0) is 8.32. The highest BCUT2D eigenvalue weighted by Gasteiger charge is 2.21. The molecule has 1 aliphatic rings. The van der Waals surface area contributed by atoms with Crippen molar-refractivity contribution in [3.05, 3.63) is 0 Å². The lowest BCUT2D eigenvalue weighted by molar-refractivity contribution is 0.147. The van der Waals surface area contributed by atoms with Gasteiger partial charge < -0.3 is 5.32 Å². The van der Waals surface area contributed by atoms with E-state index < -0.39 is 0 Å². The molecule has 0 aromatic carbocycles. The van der Waals surface area contributed by atoms with Gasteiger partial charge in [-0.05, 0) is 40.3 Å². The van der Waals surface area contributed by atoms with Crippen LogP contribution in [0.1, 0.15) is 27.2 Å². The second-order valence-electron chi connectivity index (χ2n) is 4.26. The molecule has 0 radical (unpaired) electrons. The van der Waals surface area contributed by atoms with Crippen molar-refractivity contribution in [3.8, 4) is 0 Å². The molecule has 66 valence electrons. The summed E-state index contributed by atoms with van der Waals surface area (Å²) in [6, 6.07) is 0. The topological polar surface area (TPSA) is 15.3 Å². The van der Waals surface area contributed by atoms with Crippen molar-refractivity contribution in [3.63, 3.8) is 0 Å². The van der Waals surface area contributed by atoms with Crippen molar-refractivity contribution in [1.82, 2.24) is 10.2 Å². The number of rotatable bonds is 0. The lowest BCUT2D eigenvalue weighted by Gasteiger charge is -2.34. The van der Waals surface area contributed by atoms with E-state index in [1.165, 1.54) is 26.1 Å². The van der Waals surface area contributed by atoms with E-state index >= 15 is 0 Å². The average Bonchev–Trinajstić information content (AvgIpc) is 2.10. The minimum atomic E-state index is 0.353. The van der Waals surface area contributed by atoms with Gasteiger partial charge in [0.2, 0.25) is 0 Å². The van der Waals surface area contributed by atoms with Gasteiger partial charge in [0, 0.05) is 18.6 Å². The quantitative estimate of drug-likeness (QED) is 0.564. The van der Waals surface area contributed by atoms with E-state index in [1.54, 1.807) is 0 Å². The average molecular weight is 156 g/mol. The van der Waals surface area contributed by atoms with Crippen LogP contribution in [0.25, 0.3) is 0 Å². The van der Waals surface area contributed by atoms with Gasteiger partial charge in [-0.3, -0.25) is 4.90 Å². The molecule has 1 N–H and O–H groups in total. The predicted octanol–water partition coefficient (Wildman–Crippen LogP) is 1.08. The Labute approximate surface area is 70.0 Å². The van der Waals surface area contributed by atoms with Crippen LogP contribution in [-0.4, -0.2) is 36.6 Å². The highest BCUT2D eigenvalue weighted by molar-refractivity contribution is 4.78. The standard InChI is InChI=1S/C9H20N2/c1-9(2,3)11-7-4-5-10-6-8-11/h10H,4-8H2,1-3H3. The molecule has 0 spiro atoms. The highest BCUT2D eigenvalue weighted by atomic mass is 15.2. The largest absolute Gasteiger partial charge is 0.315 e. The summed E-state index contributed by atoms with van der Waals surface area (Å²) in [4.78, 5) is 2.55. The van der Waals surface area contributed by atoms with Crippen LogP contribution in [-0.2, 0) is 0 Å². The van der Waals surface area contributed by atoms with Crippen LogP contribution in [0.2, 0.25) is 0 Å². The SMILES string of the molecule is CC(C)(C)N1CCCNCC1. The second kappa shape index (κ2) is 3.55. The summed E-state index contributed by atoms with van der Waals surface area (Å²) in [6.07, 6.45) is 1.29. The first-order valence-corrected chi connectivity index (χ1v) is 4.56. The highest BCUT2D eigenvalue weighted by Crippen LogP contribution is 2.13. The number of hydrogen-bond donors (Lipinski definition) is 1. The Morgan fingerprint density at radius 2 is 1.82 bits per heavy atom. The fourth-order valence-corrected chi connectivity index (χ4v) is 1.52. The van der Waals surface area contributed by atoms with Crippen LogP contribution in [0.15, 0.2) is 0 Å². The molecule has 1 heterocycles. The predicted molar refractivity (Wildman–Crippen MR) is 48.8 cm³/mol. The molecule has 1 saturated heterocycles. The van der Waals surface area contributed by atoms with Crippen LogP contribution in [0.3, 0.4) is 0 Å². The minimum absolute atomic E-state index is 0.353. The first-order chi connectivity index (χ1) is 5.11. The molecule has 2 nitrogen and oxygen atoms in total. The Kier molecular flexibility index (Phi) is 2.90. The Hall–Kier alpha value is -0.0800. The van der Waals surface area contributed by atoms with Gasteiger partial charge >= 0.3 is 0 Å². The van der Waals surface area contributed by atoms with Crippen LogP contribution in [0.4, 0.5) is 0 Å². The summed E-state index contributed by atoms with van der Waals surface area (Å²) >= 11 is 0. The summed E-state index contributed by atoms with van der Waals surface area (Å²) in [6.45, 7) is 11.7. The molecule has 0 aromatic rings. The lowest BCUT2D eigenvalue weighted by Crippen LogP contribution is -2.43. The lowest BCUT2D eigenvalue weighted by atomic mass is 10.1. The van der Waals surface area contributed by atoms with Gasteiger partial charge in [-0.25, -0.2) is 0 Å². The molecule has 1 aliphatic heterocycles. The van der Waals surface area contributed by atoms with Gasteiger partial charge in [-0.2, -0.15) is 0 Å². The molecule has 1 rings (SSSR count). The van der Waals surface area contributed by atoms with E-state index in [0.717, 1.165) is 6.54 Å². The molecule has 0 saturated carbocycles. The van der Waals surface area contributed by atoms with Gasteiger partial charge in [0.25, 0.3) is 0 Å². The smallest absolute Gasteiger partial charge is 0.0125 e. The summed E-state index contributed by atoms with van der Waals surface area (Å²) in [5, 5.41) is 3.41. The van der Waals surface area contributed by atoms with Crippen LogP contribution in [0.5, 0.6) is 0 Å². The molecule has 0 atom stereocenters. The van der Waals surface area contributed by atoms with Crippen LogP contribution in [0, 0.1) is 0 Å². The second-order valence-corrected chi connectivity index (χ2v) is 4.26. The van der Waals surface area contributed by atoms with Gasteiger partial charge in [0.05, 0.1) is 0 Å². The van der Waals surface area contributed by atoms with Crippen molar-refractivity contribution < 1.29 is 0 Å². The maximum Gasteiger partial charge on any atom is 0.0125 e. The summed E-state index contributed by atoms with van der Waals surface area (Å²) in [5.41, 5.74) is 0.353. The fraction of sp³-hybridized carbons (Fsp3) is 1.00. The monoisotopic (exact) mass is 156 g/mol. The van der Waals surface area contributed by atoms with Crippen molar-refractivity contribution in [2.75, 3.05) is 26.2 Å². The number of nitrogens with zero attached hydrogens (tertiary/aromatic N) is 1. The van der Waals surface area contributed by atoms with Crippen molar-refractivity contribution in [2.45, 2.75) is 32.7 Å². The summed E-state index contributed by atoms with van der Waals surface area (Å²) in [5.74, 6) is 0. The van der Waals surface area contributed by atoms with Gasteiger partial charge in [0.1, 0.15) is 0 Å². The number of nitrogens with one attached hydrogen (secondary N) is 1. The molecule has 0 unspecified atom stereocenters. The normalized spacial score (nSPS) is 23.2. The summed E-state index contributed by atoms with van der Waals surface area (Å²) < 4.78 is 0. The molecule has 0 aromatic heterocycles. The molecule has 11 heavy (non-hydrogen) atoms. The summed E-state index contributed by atoms with van der Waals surface area (Å²) in [7, 11) is 0. The van der Waals surface area contributed by atoms with Gasteiger partial charge in [-0.15, -0.1) is 0 Å². The van der Waals surface area contributed by atoms with E-state index in [1.807, 2.05) is 0 Å². The Bertz CT molecular complexity index is 107.